The van der Waals surface area contributed by atoms with Crippen molar-refractivity contribution in [1.82, 2.24) is 5.32 Å². The van der Waals surface area contributed by atoms with Crippen LogP contribution in [0.5, 0.6) is 5.75 Å². The van der Waals surface area contributed by atoms with Crippen molar-refractivity contribution in [2.24, 2.45) is 0 Å². The van der Waals surface area contributed by atoms with E-state index in [1.165, 1.54) is 0 Å². The molecule has 1 rings (SSSR count). The highest BCUT2D eigenvalue weighted by atomic mass is 16.6. The first-order valence-electron chi connectivity index (χ1n) is 8.30. The number of esters is 1. The second kappa shape index (κ2) is 10.2. The lowest BCUT2D eigenvalue weighted by atomic mass is 10.1. The minimum atomic E-state index is -0.671. The average Bonchev–Trinajstić information content (AvgIpc) is 2.56. The number of ether oxygens (including phenoxy) is 3. The molecule has 0 fully saturated rings. The summed E-state index contributed by atoms with van der Waals surface area (Å²) in [6, 6.07) is 6.61. The zero-order valence-corrected chi connectivity index (χ0v) is 15.5. The lowest BCUT2D eigenvalue weighted by molar-refractivity contribution is -0.137. The molecule has 1 aromatic carbocycles. The van der Waals surface area contributed by atoms with E-state index in [1.54, 1.807) is 45.0 Å². The second-order valence-corrected chi connectivity index (χ2v) is 6.25. The Morgan fingerprint density at radius 1 is 1.08 bits per heavy atom. The van der Waals surface area contributed by atoms with Crippen LogP contribution in [0, 0.1) is 0 Å². The second-order valence-electron chi connectivity index (χ2n) is 6.25. The molecule has 1 aromatic rings. The molecule has 142 valence electrons. The number of alkyl carbamates (subject to hydrolysis) is 1. The van der Waals surface area contributed by atoms with Gasteiger partial charge in [-0.15, -0.1) is 0 Å². The maximum atomic E-state index is 12.0. The van der Waals surface area contributed by atoms with E-state index in [0.29, 0.717) is 17.9 Å². The zero-order chi connectivity index (χ0) is 19.6. The van der Waals surface area contributed by atoms with Crippen LogP contribution in [-0.2, 0) is 14.3 Å². The fourth-order valence-electron chi connectivity index (χ4n) is 1.79. The van der Waals surface area contributed by atoms with Gasteiger partial charge in [-0.05, 0) is 58.0 Å². The number of carbonyl (C=O) groups excluding carboxylic acids is 3. The summed E-state index contributed by atoms with van der Waals surface area (Å²) in [5.74, 6) is -0.322. The van der Waals surface area contributed by atoms with Gasteiger partial charge in [-0.25, -0.2) is 9.59 Å². The smallest absolute Gasteiger partial charge is 0.407 e. The van der Waals surface area contributed by atoms with Gasteiger partial charge in [-0.1, -0.05) is 0 Å². The van der Waals surface area contributed by atoms with Crippen LogP contribution in [0.1, 0.15) is 38.1 Å². The highest BCUT2D eigenvalue weighted by molar-refractivity contribution is 6.07. The third-order valence-corrected chi connectivity index (χ3v) is 2.84. The van der Waals surface area contributed by atoms with E-state index in [0.717, 1.165) is 12.2 Å². The molecule has 1 amide bonds. The molecule has 0 aliphatic rings. The monoisotopic (exact) mass is 363 g/mol. The van der Waals surface area contributed by atoms with Crippen molar-refractivity contribution < 1.29 is 28.6 Å². The van der Waals surface area contributed by atoms with Crippen molar-refractivity contribution in [2.75, 3.05) is 19.8 Å². The van der Waals surface area contributed by atoms with E-state index in [2.05, 4.69) is 5.32 Å². The van der Waals surface area contributed by atoms with Gasteiger partial charge in [-0.2, -0.15) is 0 Å². The van der Waals surface area contributed by atoms with Gasteiger partial charge in [0.25, 0.3) is 0 Å². The molecule has 0 bridgehead atoms. The topological polar surface area (TPSA) is 90.9 Å². The molecule has 0 atom stereocenters. The first-order valence-corrected chi connectivity index (χ1v) is 8.30. The number of rotatable bonds is 8. The van der Waals surface area contributed by atoms with Gasteiger partial charge in [0.1, 0.15) is 18.0 Å². The first-order chi connectivity index (χ1) is 12.2. The molecular formula is C19H25NO6. The molecular weight excluding hydrogens is 338 g/mol. The largest absolute Gasteiger partial charge is 0.494 e. The van der Waals surface area contributed by atoms with Crippen LogP contribution in [-0.4, -0.2) is 43.2 Å². The molecule has 0 unspecified atom stereocenters. The van der Waals surface area contributed by atoms with Crippen LogP contribution in [0.15, 0.2) is 36.4 Å². The Balaban J connectivity index is 2.33. The Morgan fingerprint density at radius 3 is 2.31 bits per heavy atom. The predicted molar refractivity (Wildman–Crippen MR) is 96.3 cm³/mol. The number of hydrogen-bond acceptors (Lipinski definition) is 6. The maximum Gasteiger partial charge on any atom is 0.407 e. The van der Waals surface area contributed by atoms with Gasteiger partial charge < -0.3 is 19.5 Å². The Bertz CT molecular complexity index is 643. The van der Waals surface area contributed by atoms with Crippen molar-refractivity contribution in [3.05, 3.63) is 42.0 Å². The van der Waals surface area contributed by atoms with Gasteiger partial charge in [0, 0.05) is 11.6 Å². The minimum Gasteiger partial charge on any atom is -0.494 e. The van der Waals surface area contributed by atoms with E-state index in [9.17, 15) is 14.4 Å². The zero-order valence-electron chi connectivity index (χ0n) is 15.5. The molecule has 26 heavy (non-hydrogen) atoms. The standard InChI is InChI=1S/C19H25NO6/c1-5-24-15-8-6-14(7-9-15)16(21)10-11-17(22)25-13-12-20-18(23)26-19(2,3)4/h6-11H,5,12-13H2,1-4H3,(H,20,23)/b11-10+. The minimum absolute atomic E-state index is 0.0281. The molecule has 0 saturated carbocycles. The molecule has 1 N–H and O–H groups in total. The van der Waals surface area contributed by atoms with E-state index in [4.69, 9.17) is 14.2 Å². The fraction of sp³-hybridized carbons (Fsp3) is 0.421. The van der Waals surface area contributed by atoms with Crippen molar-refractivity contribution in [2.45, 2.75) is 33.3 Å². The van der Waals surface area contributed by atoms with Crippen LogP contribution in [0.4, 0.5) is 4.79 Å². The van der Waals surface area contributed by atoms with Crippen LogP contribution in [0.2, 0.25) is 0 Å². The highest BCUT2D eigenvalue weighted by Crippen LogP contribution is 2.12. The third kappa shape index (κ3) is 8.86. The Hall–Kier alpha value is -2.83. The number of hydrogen-bond donors (Lipinski definition) is 1. The summed E-state index contributed by atoms with van der Waals surface area (Å²) < 4.78 is 15.2. The van der Waals surface area contributed by atoms with Crippen molar-refractivity contribution >= 4 is 17.8 Å². The number of nitrogens with one attached hydrogen (secondary N) is 1. The Kier molecular flexibility index (Phi) is 8.34. The van der Waals surface area contributed by atoms with Gasteiger partial charge in [0.2, 0.25) is 0 Å². The summed E-state index contributed by atoms with van der Waals surface area (Å²) in [7, 11) is 0. The number of amides is 1. The summed E-state index contributed by atoms with van der Waals surface area (Å²) in [5, 5.41) is 2.46. The molecule has 0 spiro atoms. The highest BCUT2D eigenvalue weighted by Gasteiger charge is 2.15. The van der Waals surface area contributed by atoms with E-state index >= 15 is 0 Å². The Morgan fingerprint density at radius 2 is 1.73 bits per heavy atom. The van der Waals surface area contributed by atoms with Gasteiger partial charge in [0.15, 0.2) is 5.78 Å². The summed E-state index contributed by atoms with van der Waals surface area (Å²) in [4.78, 5) is 34.9. The summed E-state index contributed by atoms with van der Waals surface area (Å²) in [5.41, 5.74) is -0.158. The number of carbonyl (C=O) groups is 3. The lowest BCUT2D eigenvalue weighted by Gasteiger charge is -2.19. The SMILES string of the molecule is CCOc1ccc(C(=O)/C=C/C(=O)OCCNC(=O)OC(C)(C)C)cc1. The number of benzene rings is 1. The normalized spacial score (nSPS) is 11.1. The molecule has 0 radical (unpaired) electrons. The summed E-state index contributed by atoms with van der Waals surface area (Å²) in [6.07, 6.45) is 1.60. The molecule has 0 aromatic heterocycles. The average molecular weight is 363 g/mol. The Labute approximate surface area is 153 Å². The van der Waals surface area contributed by atoms with Crippen LogP contribution >= 0.6 is 0 Å². The van der Waals surface area contributed by atoms with Gasteiger partial charge in [0.05, 0.1) is 13.2 Å². The van der Waals surface area contributed by atoms with E-state index in [-0.39, 0.29) is 18.9 Å². The van der Waals surface area contributed by atoms with Gasteiger partial charge >= 0.3 is 12.1 Å². The van der Waals surface area contributed by atoms with Crippen LogP contribution in [0.3, 0.4) is 0 Å². The van der Waals surface area contributed by atoms with Crippen molar-refractivity contribution in [3.63, 3.8) is 0 Å². The third-order valence-electron chi connectivity index (χ3n) is 2.84. The summed E-state index contributed by atoms with van der Waals surface area (Å²) in [6.45, 7) is 7.75. The molecule has 7 nitrogen and oxygen atoms in total. The van der Waals surface area contributed by atoms with Gasteiger partial charge in [-0.3, -0.25) is 4.79 Å². The molecule has 7 heteroatoms. The van der Waals surface area contributed by atoms with E-state index in [1.807, 2.05) is 6.92 Å². The quantitative estimate of drug-likeness (QED) is 0.330. The predicted octanol–water partition coefficient (Wildman–Crippen LogP) is 2.89. The van der Waals surface area contributed by atoms with E-state index < -0.39 is 17.7 Å². The van der Waals surface area contributed by atoms with Crippen molar-refractivity contribution in [3.8, 4) is 5.75 Å². The molecule has 0 aliphatic carbocycles. The lowest BCUT2D eigenvalue weighted by Crippen LogP contribution is -2.34. The number of ketones is 1. The van der Waals surface area contributed by atoms with Crippen molar-refractivity contribution in [1.29, 1.82) is 0 Å². The molecule has 0 aliphatic heterocycles. The number of allylic oxidation sites excluding steroid dienone is 1. The molecule has 0 saturated heterocycles. The molecule has 0 heterocycles. The summed E-state index contributed by atoms with van der Waals surface area (Å²) >= 11 is 0. The fourth-order valence-corrected chi connectivity index (χ4v) is 1.79. The van der Waals surface area contributed by atoms with Crippen LogP contribution < -0.4 is 10.1 Å². The van der Waals surface area contributed by atoms with Crippen LogP contribution in [0.25, 0.3) is 0 Å². The first kappa shape index (κ1) is 21.2. The maximum absolute atomic E-state index is 12.0.